The van der Waals surface area contributed by atoms with Crippen molar-refractivity contribution in [2.45, 2.75) is 98.9 Å². The maximum atomic E-state index is 14.6. The number of terminal acetylenes is 1. The second-order valence-corrected chi connectivity index (χ2v) is 12.9. The van der Waals surface area contributed by atoms with Crippen LogP contribution < -0.4 is 10.6 Å². The van der Waals surface area contributed by atoms with E-state index in [1.54, 1.807) is 62.1 Å². The molecule has 3 unspecified atom stereocenters. The molecule has 0 aliphatic heterocycles. The van der Waals surface area contributed by atoms with Crippen LogP contribution in [-0.4, -0.2) is 40.5 Å². The van der Waals surface area contributed by atoms with Crippen molar-refractivity contribution in [2.75, 3.05) is 5.32 Å². The van der Waals surface area contributed by atoms with Gasteiger partial charge in [0.15, 0.2) is 0 Å². The van der Waals surface area contributed by atoms with Crippen LogP contribution in [0.5, 0.6) is 0 Å². The van der Waals surface area contributed by atoms with Gasteiger partial charge in [0, 0.05) is 11.6 Å². The zero-order valence-electron chi connectivity index (χ0n) is 26.4. The highest BCUT2D eigenvalue weighted by atomic mass is 35.5. The van der Waals surface area contributed by atoms with Gasteiger partial charge < -0.3 is 20.3 Å². The van der Waals surface area contributed by atoms with Crippen molar-refractivity contribution < 1.29 is 19.1 Å². The van der Waals surface area contributed by atoms with Crippen LogP contribution in [0.4, 0.5) is 10.5 Å². The third-order valence-electron chi connectivity index (χ3n) is 6.90. The number of hydrogen-bond acceptors (Lipinski definition) is 4. The van der Waals surface area contributed by atoms with Gasteiger partial charge in [0.25, 0.3) is 5.91 Å². The van der Waals surface area contributed by atoms with E-state index in [-0.39, 0.29) is 12.0 Å². The molecule has 2 N–H and O–H groups in total. The van der Waals surface area contributed by atoms with E-state index in [2.05, 4.69) is 30.4 Å². The summed E-state index contributed by atoms with van der Waals surface area (Å²) in [5.41, 5.74) is 1.48. The fourth-order valence-electron chi connectivity index (χ4n) is 4.69. The van der Waals surface area contributed by atoms with Gasteiger partial charge in [-0.15, -0.1) is 6.42 Å². The monoisotopic (exact) mass is 595 g/mol. The Hall–Kier alpha value is -3.50. The maximum absolute atomic E-state index is 14.6. The molecule has 3 amide bonds. The molecule has 0 aromatic heterocycles. The zero-order chi connectivity index (χ0) is 31.8. The third kappa shape index (κ3) is 9.52. The summed E-state index contributed by atoms with van der Waals surface area (Å²) in [7, 11) is 0. The molecule has 3 atom stereocenters. The molecule has 2 rings (SSSR count). The van der Waals surface area contributed by atoms with Gasteiger partial charge in [0.2, 0.25) is 5.91 Å². The summed E-state index contributed by atoms with van der Waals surface area (Å²) in [4.78, 5) is 43.3. The fraction of sp³-hybridized carbons (Fsp3) is 0.500. The first-order valence-corrected chi connectivity index (χ1v) is 14.9. The Morgan fingerprint density at radius 3 is 2.19 bits per heavy atom. The lowest BCUT2D eigenvalue weighted by Gasteiger charge is -2.40. The Bertz CT molecular complexity index is 1270. The van der Waals surface area contributed by atoms with Crippen LogP contribution in [0.25, 0.3) is 0 Å². The van der Waals surface area contributed by atoms with Crippen LogP contribution in [-0.2, 0) is 14.3 Å². The van der Waals surface area contributed by atoms with E-state index < -0.39 is 35.6 Å². The number of hydrogen-bond donors (Lipinski definition) is 2. The average molecular weight is 596 g/mol. The molecule has 7 nitrogen and oxygen atoms in total. The van der Waals surface area contributed by atoms with Crippen LogP contribution in [0, 0.1) is 31.1 Å². The number of alkyl carbamates (subject to hydrolysis) is 1. The number of nitrogens with one attached hydrogen (secondary N) is 2. The zero-order valence-corrected chi connectivity index (χ0v) is 27.1. The number of anilines is 1. The van der Waals surface area contributed by atoms with Crippen molar-refractivity contribution in [3.63, 3.8) is 0 Å². The Kier molecular flexibility index (Phi) is 12.5. The van der Waals surface area contributed by atoms with Crippen molar-refractivity contribution in [2.24, 2.45) is 11.8 Å². The minimum atomic E-state index is -1.11. The van der Waals surface area contributed by atoms with Gasteiger partial charge in [-0.2, -0.15) is 0 Å². The van der Waals surface area contributed by atoms with E-state index >= 15 is 0 Å². The normalized spacial score (nSPS) is 13.6. The topological polar surface area (TPSA) is 87.7 Å². The van der Waals surface area contributed by atoms with Crippen molar-refractivity contribution in [1.29, 1.82) is 0 Å². The van der Waals surface area contributed by atoms with Gasteiger partial charge in [-0.1, -0.05) is 75.5 Å². The van der Waals surface area contributed by atoms with Crippen LogP contribution in [0.15, 0.2) is 42.5 Å². The van der Waals surface area contributed by atoms with Crippen molar-refractivity contribution in [1.82, 2.24) is 10.2 Å². The van der Waals surface area contributed by atoms with E-state index in [1.165, 1.54) is 0 Å². The number of ether oxygens (including phenoxy) is 1. The van der Waals surface area contributed by atoms with Crippen molar-refractivity contribution in [3.05, 3.63) is 64.2 Å². The molecule has 0 heterocycles. The predicted octanol–water partition coefficient (Wildman–Crippen LogP) is 7.51. The average Bonchev–Trinajstić information content (AvgIpc) is 2.89. The number of carbonyl (C=O) groups excluding carboxylic acids is 3. The number of carbonyl (C=O) groups is 3. The summed E-state index contributed by atoms with van der Waals surface area (Å²) >= 11 is 6.49. The molecule has 0 saturated carbocycles. The quantitative estimate of drug-likeness (QED) is 0.263. The third-order valence-corrected chi connectivity index (χ3v) is 7.22. The Labute approximate surface area is 256 Å². The summed E-state index contributed by atoms with van der Waals surface area (Å²) in [5, 5.41) is 6.13. The van der Waals surface area contributed by atoms with Crippen LogP contribution >= 0.6 is 11.6 Å². The van der Waals surface area contributed by atoms with Crippen LogP contribution in [0.2, 0.25) is 5.02 Å². The van der Waals surface area contributed by atoms with E-state index in [1.807, 2.05) is 33.8 Å². The molecule has 2 aromatic rings. The first kappa shape index (κ1) is 34.7. The summed E-state index contributed by atoms with van der Waals surface area (Å²) in [6, 6.07) is 9.99. The molecule has 0 bridgehead atoms. The van der Waals surface area contributed by atoms with Gasteiger partial charge in [-0.05, 0) is 82.6 Å². The predicted molar refractivity (Wildman–Crippen MR) is 170 cm³/mol. The lowest BCUT2D eigenvalue weighted by atomic mass is 9.93. The Morgan fingerprint density at radius 1 is 1.00 bits per heavy atom. The van der Waals surface area contributed by atoms with Crippen LogP contribution in [0.1, 0.15) is 91.0 Å². The van der Waals surface area contributed by atoms with E-state index in [9.17, 15) is 14.4 Å². The molecule has 0 spiro atoms. The molecule has 8 heteroatoms. The largest absolute Gasteiger partial charge is 0.444 e. The number of para-hydroxylation sites is 1. The summed E-state index contributed by atoms with van der Waals surface area (Å²) in [5.74, 6) is 1.88. The molecular weight excluding hydrogens is 550 g/mol. The number of rotatable bonds is 11. The van der Waals surface area contributed by atoms with Gasteiger partial charge in [-0.25, -0.2) is 4.79 Å². The second kappa shape index (κ2) is 15.1. The molecule has 0 aliphatic carbocycles. The summed E-state index contributed by atoms with van der Waals surface area (Å²) in [6.45, 7) is 16.9. The number of benzene rings is 2. The van der Waals surface area contributed by atoms with Crippen molar-refractivity contribution in [3.8, 4) is 12.3 Å². The molecule has 0 fully saturated rings. The van der Waals surface area contributed by atoms with Crippen molar-refractivity contribution >= 4 is 35.2 Å². The second-order valence-electron chi connectivity index (χ2n) is 12.5. The number of amides is 3. The highest BCUT2D eigenvalue weighted by Gasteiger charge is 2.40. The molecule has 0 radical (unpaired) electrons. The molecule has 2 aromatic carbocycles. The minimum absolute atomic E-state index is 0.304. The lowest BCUT2D eigenvalue weighted by molar-refractivity contribution is -0.144. The summed E-state index contributed by atoms with van der Waals surface area (Å²) in [6.07, 6.45) is 6.64. The van der Waals surface area contributed by atoms with Gasteiger partial charge in [-0.3, -0.25) is 9.59 Å². The van der Waals surface area contributed by atoms with E-state index in [0.29, 0.717) is 34.2 Å². The smallest absolute Gasteiger partial charge is 0.408 e. The Morgan fingerprint density at radius 2 is 1.64 bits per heavy atom. The molecular formula is C34H46ClN3O4. The van der Waals surface area contributed by atoms with Gasteiger partial charge in [0.1, 0.15) is 17.7 Å². The minimum Gasteiger partial charge on any atom is -0.444 e. The highest BCUT2D eigenvalue weighted by Crippen LogP contribution is 2.33. The number of aryl methyl sites for hydroxylation is 1. The molecule has 228 valence electrons. The first-order valence-electron chi connectivity index (χ1n) is 14.5. The Balaban J connectivity index is 2.73. The van der Waals surface area contributed by atoms with Crippen LogP contribution in [0.3, 0.4) is 0 Å². The van der Waals surface area contributed by atoms with E-state index in [0.717, 1.165) is 12.0 Å². The molecule has 42 heavy (non-hydrogen) atoms. The van der Waals surface area contributed by atoms with Gasteiger partial charge in [0.05, 0.1) is 10.7 Å². The molecule has 0 saturated heterocycles. The number of halogens is 1. The lowest BCUT2D eigenvalue weighted by Crippen LogP contribution is -2.56. The maximum Gasteiger partial charge on any atom is 0.408 e. The van der Waals surface area contributed by atoms with Gasteiger partial charge >= 0.3 is 6.09 Å². The fourth-order valence-corrected chi connectivity index (χ4v) is 4.96. The van der Waals surface area contributed by atoms with E-state index in [4.69, 9.17) is 22.8 Å². The first-order chi connectivity index (χ1) is 19.6. The standard InChI is InChI=1S/C34H46ClN3O4/c1-11-25-16-12-13-17-26(25)30(31(39)36-29-23(6)15-14-18-27(29)35)38(24(7)20-19-21(2)3)32(40)28(22(4)5)37-33(41)42-34(8,9)10/h1,12-18,21-22,24,28,30H,19-20H2,2-10H3,(H,36,39)(H,37,41). The SMILES string of the molecule is C#Cc1ccccc1C(C(=O)Nc1c(C)cccc1Cl)N(C(=O)C(NC(=O)OC(C)(C)C)C(C)C)C(C)CCC(C)C. The molecule has 0 aliphatic rings. The highest BCUT2D eigenvalue weighted by molar-refractivity contribution is 6.34. The summed E-state index contributed by atoms with van der Waals surface area (Å²) < 4.78 is 5.48. The number of nitrogens with zero attached hydrogens (tertiary/aromatic N) is 1.